The van der Waals surface area contributed by atoms with Crippen molar-refractivity contribution in [3.63, 3.8) is 0 Å². The van der Waals surface area contributed by atoms with Gasteiger partial charge in [-0.15, -0.1) is 5.10 Å². The van der Waals surface area contributed by atoms with Crippen LogP contribution in [0.25, 0.3) is 0 Å². The fraction of sp³-hybridized carbons (Fsp3) is 0.818. The smallest absolute Gasteiger partial charge is 0.0964 e. The molecular weight excluding hydrogens is 220 g/mol. The second-order valence-electron chi connectivity index (χ2n) is 3.73. The van der Waals surface area contributed by atoms with Crippen LogP contribution in [-0.4, -0.2) is 48.5 Å². The normalized spacial score (nSPS) is 10.9. The monoisotopic (exact) mass is 242 g/mol. The molecule has 0 radical (unpaired) electrons. The zero-order valence-electron chi connectivity index (χ0n) is 10.7. The van der Waals surface area contributed by atoms with Gasteiger partial charge in [0.1, 0.15) is 0 Å². The quantitative estimate of drug-likeness (QED) is 0.603. The lowest BCUT2D eigenvalue weighted by atomic mass is 10.5. The molecule has 0 fully saturated rings. The zero-order valence-corrected chi connectivity index (χ0v) is 10.7. The Morgan fingerprint density at radius 2 is 2.00 bits per heavy atom. The number of rotatable bonds is 10. The largest absolute Gasteiger partial charge is 0.379 e. The predicted octanol–water partition coefficient (Wildman–Crippen LogP) is 0.441. The number of hydrogen-bond donors (Lipinski definition) is 1. The summed E-state index contributed by atoms with van der Waals surface area (Å²) in [6.07, 6.45) is 2.97. The van der Waals surface area contributed by atoms with Gasteiger partial charge in [-0.25, -0.2) is 4.68 Å². The van der Waals surface area contributed by atoms with Gasteiger partial charge in [-0.1, -0.05) is 12.1 Å². The average molecular weight is 242 g/mol. The highest BCUT2D eigenvalue weighted by molar-refractivity contribution is 4.90. The van der Waals surface area contributed by atoms with Gasteiger partial charge < -0.3 is 14.8 Å². The van der Waals surface area contributed by atoms with E-state index in [2.05, 4.69) is 22.6 Å². The Hall–Kier alpha value is -0.980. The maximum atomic E-state index is 5.42. The molecule has 0 aliphatic heterocycles. The Labute approximate surface area is 102 Å². The highest BCUT2D eigenvalue weighted by Gasteiger charge is 1.98. The van der Waals surface area contributed by atoms with Crippen molar-refractivity contribution in [3.05, 3.63) is 11.9 Å². The Kier molecular flexibility index (Phi) is 7.53. The number of nitrogens with zero attached hydrogens (tertiary/aromatic N) is 3. The van der Waals surface area contributed by atoms with Gasteiger partial charge in [0.15, 0.2) is 0 Å². The van der Waals surface area contributed by atoms with Crippen LogP contribution >= 0.6 is 0 Å². The lowest BCUT2D eigenvalue weighted by molar-refractivity contribution is 0.0441. The first kappa shape index (κ1) is 14.1. The van der Waals surface area contributed by atoms with E-state index in [0.717, 1.165) is 31.8 Å². The molecule has 0 aliphatic rings. The summed E-state index contributed by atoms with van der Waals surface area (Å²) in [6, 6.07) is 0. The van der Waals surface area contributed by atoms with Crippen molar-refractivity contribution in [2.24, 2.45) is 0 Å². The first-order chi connectivity index (χ1) is 8.36. The highest BCUT2D eigenvalue weighted by Crippen LogP contribution is 1.92. The number of aromatic nitrogens is 3. The molecule has 98 valence electrons. The van der Waals surface area contributed by atoms with Gasteiger partial charge in [-0.2, -0.15) is 0 Å². The van der Waals surface area contributed by atoms with Crippen LogP contribution in [0.3, 0.4) is 0 Å². The van der Waals surface area contributed by atoms with Gasteiger partial charge in [0.25, 0.3) is 0 Å². The minimum Gasteiger partial charge on any atom is -0.379 e. The average Bonchev–Trinajstić information content (AvgIpc) is 2.76. The van der Waals surface area contributed by atoms with Crippen LogP contribution in [0.1, 0.15) is 19.0 Å². The van der Waals surface area contributed by atoms with Crippen molar-refractivity contribution >= 4 is 0 Å². The molecule has 1 rings (SSSR count). The molecule has 0 saturated carbocycles. The second kappa shape index (κ2) is 9.09. The minimum absolute atomic E-state index is 0.637. The van der Waals surface area contributed by atoms with Crippen LogP contribution in [0, 0.1) is 0 Å². The summed E-state index contributed by atoms with van der Waals surface area (Å²) in [6.45, 7) is 6.30. The van der Waals surface area contributed by atoms with E-state index >= 15 is 0 Å². The van der Waals surface area contributed by atoms with Gasteiger partial charge in [0.2, 0.25) is 0 Å². The van der Waals surface area contributed by atoms with E-state index < -0.39 is 0 Å². The number of ether oxygens (including phenoxy) is 2. The minimum atomic E-state index is 0.637. The molecule has 0 spiro atoms. The van der Waals surface area contributed by atoms with Crippen molar-refractivity contribution in [3.8, 4) is 0 Å². The van der Waals surface area contributed by atoms with Crippen LogP contribution in [0.5, 0.6) is 0 Å². The van der Waals surface area contributed by atoms with Crippen LogP contribution in [0.4, 0.5) is 0 Å². The third-order valence-electron chi connectivity index (χ3n) is 2.13. The molecule has 0 unspecified atom stereocenters. The first-order valence-electron chi connectivity index (χ1n) is 6.06. The Balaban J connectivity index is 2.01. The van der Waals surface area contributed by atoms with Crippen molar-refractivity contribution in [1.82, 2.24) is 20.3 Å². The molecule has 17 heavy (non-hydrogen) atoms. The fourth-order valence-corrected chi connectivity index (χ4v) is 1.33. The van der Waals surface area contributed by atoms with E-state index in [1.54, 1.807) is 4.68 Å². The summed E-state index contributed by atoms with van der Waals surface area (Å²) in [7, 11) is 1.89. The van der Waals surface area contributed by atoms with E-state index in [-0.39, 0.29) is 0 Å². The molecule has 0 amide bonds. The van der Waals surface area contributed by atoms with E-state index in [0.29, 0.717) is 19.8 Å². The predicted molar refractivity (Wildman–Crippen MR) is 64.7 cm³/mol. The molecule has 1 N–H and O–H groups in total. The van der Waals surface area contributed by atoms with Gasteiger partial charge in [-0.05, 0) is 13.5 Å². The van der Waals surface area contributed by atoms with Crippen molar-refractivity contribution < 1.29 is 9.47 Å². The molecule has 1 aromatic rings. The van der Waals surface area contributed by atoms with Crippen molar-refractivity contribution in [1.29, 1.82) is 0 Å². The third kappa shape index (κ3) is 6.35. The Bertz CT molecular complexity index is 291. The molecule has 6 nitrogen and oxygen atoms in total. The Morgan fingerprint density at radius 1 is 1.24 bits per heavy atom. The van der Waals surface area contributed by atoms with E-state index in [4.69, 9.17) is 9.47 Å². The van der Waals surface area contributed by atoms with Gasteiger partial charge >= 0.3 is 0 Å². The summed E-state index contributed by atoms with van der Waals surface area (Å²) in [5.41, 5.74) is 0.943. The molecule has 0 aliphatic carbocycles. The number of nitrogens with one attached hydrogen (secondary N) is 1. The van der Waals surface area contributed by atoms with Crippen LogP contribution in [0.15, 0.2) is 6.20 Å². The summed E-state index contributed by atoms with van der Waals surface area (Å²) in [5.74, 6) is 0. The van der Waals surface area contributed by atoms with Crippen LogP contribution in [0.2, 0.25) is 0 Å². The van der Waals surface area contributed by atoms with Gasteiger partial charge in [-0.3, -0.25) is 0 Å². The molecule has 1 heterocycles. The molecule has 0 aromatic carbocycles. The summed E-state index contributed by atoms with van der Waals surface area (Å²) < 4.78 is 12.5. The third-order valence-corrected chi connectivity index (χ3v) is 2.13. The molecule has 0 saturated heterocycles. The lowest BCUT2D eigenvalue weighted by Gasteiger charge is -2.04. The molecule has 0 atom stereocenters. The maximum Gasteiger partial charge on any atom is 0.0964 e. The number of hydrogen-bond acceptors (Lipinski definition) is 5. The molecular formula is C11H22N4O2. The lowest BCUT2D eigenvalue weighted by Crippen LogP contribution is -2.10. The highest BCUT2D eigenvalue weighted by atomic mass is 16.5. The summed E-state index contributed by atoms with van der Waals surface area (Å²) in [4.78, 5) is 0. The second-order valence-corrected chi connectivity index (χ2v) is 3.73. The fourth-order valence-electron chi connectivity index (χ4n) is 1.33. The standard InChI is InChI=1S/C11H22N4O2/c1-3-5-16-7-8-17-6-4-15-10-11(9-12-2)13-14-15/h10,12H,3-9H2,1-2H3. The van der Waals surface area contributed by atoms with Crippen LogP contribution < -0.4 is 5.32 Å². The molecule has 1 aromatic heterocycles. The molecule has 6 heteroatoms. The van der Waals surface area contributed by atoms with Gasteiger partial charge in [0.05, 0.1) is 32.1 Å². The van der Waals surface area contributed by atoms with Crippen LogP contribution in [-0.2, 0) is 22.6 Å². The van der Waals surface area contributed by atoms with Crippen molar-refractivity contribution in [2.75, 3.05) is 33.5 Å². The summed E-state index contributed by atoms with van der Waals surface area (Å²) >= 11 is 0. The molecule has 0 bridgehead atoms. The zero-order chi connectivity index (χ0) is 12.3. The summed E-state index contributed by atoms with van der Waals surface area (Å²) in [5, 5.41) is 11.0. The SMILES string of the molecule is CCCOCCOCCn1cc(CNC)nn1. The van der Waals surface area contributed by atoms with E-state index in [9.17, 15) is 0 Å². The maximum absolute atomic E-state index is 5.42. The van der Waals surface area contributed by atoms with Gasteiger partial charge in [0, 0.05) is 19.3 Å². The Morgan fingerprint density at radius 3 is 2.71 bits per heavy atom. The first-order valence-corrected chi connectivity index (χ1v) is 6.06. The van der Waals surface area contributed by atoms with E-state index in [1.807, 2.05) is 13.2 Å². The topological polar surface area (TPSA) is 61.2 Å². The van der Waals surface area contributed by atoms with Crippen molar-refractivity contribution in [2.45, 2.75) is 26.4 Å². The van der Waals surface area contributed by atoms with E-state index in [1.165, 1.54) is 0 Å².